The second-order valence-corrected chi connectivity index (χ2v) is 1.60. The summed E-state index contributed by atoms with van der Waals surface area (Å²) in [6.07, 6.45) is 0.00463. The second kappa shape index (κ2) is 10.6. The van der Waals surface area contributed by atoms with E-state index in [9.17, 15) is 19.8 Å². The molecule has 0 spiro atoms. The van der Waals surface area contributed by atoms with Gasteiger partial charge in [0.1, 0.15) is 0 Å². The van der Waals surface area contributed by atoms with Crippen molar-refractivity contribution in [3.8, 4) is 0 Å². The van der Waals surface area contributed by atoms with Gasteiger partial charge in [0.05, 0.1) is 11.9 Å². The van der Waals surface area contributed by atoms with Crippen LogP contribution < -0.4 is 127 Å². The van der Waals surface area contributed by atoms with Crippen LogP contribution in [-0.4, -0.2) is 11.9 Å². The van der Waals surface area contributed by atoms with Crippen molar-refractivity contribution >= 4 is 11.9 Å². The minimum absolute atomic E-state index is 0. The predicted octanol–water partition coefficient (Wildman–Crippen LogP) is -8.48. The second-order valence-electron chi connectivity index (χ2n) is 1.60. The molecule has 0 N–H and O–H groups in total. The van der Waals surface area contributed by atoms with Crippen LogP contribution in [0.1, 0.15) is 13.3 Å². The Balaban J connectivity index is -0.000000320. The number of carboxylic acids is 2. The van der Waals surface area contributed by atoms with Gasteiger partial charge < -0.3 is 19.8 Å². The molecular weight excluding hydrogens is 295 g/mol. The molecule has 0 bridgehead atoms. The van der Waals surface area contributed by atoms with Gasteiger partial charge in [-0.2, -0.15) is 0 Å². The Morgan fingerprint density at radius 1 is 1.18 bits per heavy atom. The maximum atomic E-state index is 9.84. The summed E-state index contributed by atoms with van der Waals surface area (Å²) in [5, 5.41) is 19.7. The van der Waals surface area contributed by atoms with Gasteiger partial charge in [-0.3, -0.25) is 0 Å². The van der Waals surface area contributed by atoms with E-state index in [4.69, 9.17) is 0 Å². The Bertz CT molecular complexity index is 122. The molecule has 6 heteroatoms. The molecule has 0 saturated heterocycles. The largest absolute Gasteiger partial charge is 1.00 e. The van der Waals surface area contributed by atoms with Crippen LogP contribution in [0.15, 0.2) is 0 Å². The third kappa shape index (κ3) is 8.87. The normalized spacial score (nSPS) is 7.82. The average molecular weight is 301 g/mol. The summed E-state index contributed by atoms with van der Waals surface area (Å²) in [5.74, 6) is -4.64. The van der Waals surface area contributed by atoms with Gasteiger partial charge in [-0.1, -0.05) is 6.92 Å². The number of aliphatic carboxylic acids is 2. The average Bonchev–Trinajstić information content (AvgIpc) is 1.64. The number of carbonyl (C=O) groups excluding carboxylic acids is 2. The number of hydrogen-bond donors (Lipinski definition) is 0. The molecule has 4 nitrogen and oxygen atoms in total. The van der Waals surface area contributed by atoms with Crippen molar-refractivity contribution in [3.63, 3.8) is 0 Å². The molecule has 0 radical (unpaired) electrons. The van der Waals surface area contributed by atoms with Gasteiger partial charge in [0.25, 0.3) is 0 Å². The summed E-state index contributed by atoms with van der Waals surface area (Å²) in [4.78, 5) is 19.7. The molecule has 52 valence electrons. The van der Waals surface area contributed by atoms with Gasteiger partial charge in [-0.05, 0) is 6.42 Å². The third-order valence-electron chi connectivity index (χ3n) is 0.977. The molecule has 0 atom stereocenters. The third-order valence-corrected chi connectivity index (χ3v) is 0.977. The molecule has 0 aliphatic heterocycles. The Labute approximate surface area is 163 Å². The molecule has 0 amide bonds. The van der Waals surface area contributed by atoms with Crippen molar-refractivity contribution in [1.29, 1.82) is 0 Å². The van der Waals surface area contributed by atoms with E-state index in [-0.39, 0.29) is 123 Å². The van der Waals surface area contributed by atoms with Crippen molar-refractivity contribution < 1.29 is 136 Å². The van der Waals surface area contributed by atoms with Crippen molar-refractivity contribution in [2.45, 2.75) is 13.3 Å². The molecule has 0 rings (SSSR count). The monoisotopic (exact) mass is 300 g/mol. The van der Waals surface area contributed by atoms with E-state index in [0.717, 1.165) is 0 Å². The van der Waals surface area contributed by atoms with E-state index in [0.29, 0.717) is 0 Å². The van der Waals surface area contributed by atoms with Crippen molar-refractivity contribution in [2.75, 3.05) is 0 Å². The zero-order valence-corrected chi connectivity index (χ0v) is 16.7. The number of carbonyl (C=O) groups is 2. The SMILES string of the molecule is CCC(C(=O)[O-])C(=O)[O-].[Rb+].[Rb+]. The first-order valence-corrected chi connectivity index (χ1v) is 2.51. The molecule has 0 aromatic carbocycles. The Morgan fingerprint density at radius 2 is 1.45 bits per heavy atom. The summed E-state index contributed by atoms with van der Waals surface area (Å²) in [6, 6.07) is 0. The number of carboxylic acid groups (broad SMARTS) is 2. The molecule has 0 heterocycles. The zero-order chi connectivity index (χ0) is 7.44. The fourth-order valence-corrected chi connectivity index (χ4v) is 0.430. The van der Waals surface area contributed by atoms with Gasteiger partial charge in [-0.15, -0.1) is 0 Å². The Kier molecular flexibility index (Phi) is 18.5. The van der Waals surface area contributed by atoms with Crippen LogP contribution in [0.4, 0.5) is 0 Å². The van der Waals surface area contributed by atoms with Crippen LogP contribution in [0.3, 0.4) is 0 Å². The summed E-state index contributed by atoms with van der Waals surface area (Å²) in [5.41, 5.74) is 0. The molecule has 0 aliphatic carbocycles. The van der Waals surface area contributed by atoms with Crippen LogP contribution in [0.2, 0.25) is 0 Å². The molecule has 0 unspecified atom stereocenters. The van der Waals surface area contributed by atoms with Gasteiger partial charge in [0.2, 0.25) is 0 Å². The first-order valence-electron chi connectivity index (χ1n) is 2.51. The van der Waals surface area contributed by atoms with Crippen molar-refractivity contribution in [2.24, 2.45) is 5.92 Å². The van der Waals surface area contributed by atoms with E-state index in [1.54, 1.807) is 0 Å². The van der Waals surface area contributed by atoms with Crippen LogP contribution >= 0.6 is 0 Å². The standard InChI is InChI=1S/C5H8O4.2Rb/c1-2-3(4(6)7)5(8)9;;/h3H,2H2,1H3,(H,6,7)(H,8,9);;/q;2*+1/p-2. The number of hydrogen-bond acceptors (Lipinski definition) is 4. The summed E-state index contributed by atoms with van der Waals surface area (Å²) in [6.45, 7) is 1.44. The number of rotatable bonds is 3. The van der Waals surface area contributed by atoms with Crippen molar-refractivity contribution in [1.82, 2.24) is 0 Å². The van der Waals surface area contributed by atoms with Crippen LogP contribution in [0.5, 0.6) is 0 Å². The van der Waals surface area contributed by atoms with Gasteiger partial charge in [0, 0.05) is 5.92 Å². The van der Waals surface area contributed by atoms with Crippen LogP contribution in [-0.2, 0) is 9.59 Å². The van der Waals surface area contributed by atoms with E-state index in [2.05, 4.69) is 0 Å². The minimum atomic E-state index is -1.59. The summed E-state index contributed by atoms with van der Waals surface area (Å²) < 4.78 is 0. The van der Waals surface area contributed by atoms with E-state index < -0.39 is 17.9 Å². The van der Waals surface area contributed by atoms with Gasteiger partial charge >= 0.3 is 116 Å². The fourth-order valence-electron chi connectivity index (χ4n) is 0.430. The first kappa shape index (κ1) is 19.2. The Hall–Kier alpha value is 2.55. The summed E-state index contributed by atoms with van der Waals surface area (Å²) >= 11 is 0. The van der Waals surface area contributed by atoms with E-state index in [1.807, 2.05) is 0 Å². The van der Waals surface area contributed by atoms with Crippen LogP contribution in [0, 0.1) is 5.92 Å². The van der Waals surface area contributed by atoms with Gasteiger partial charge in [-0.25, -0.2) is 0 Å². The molecule has 11 heavy (non-hydrogen) atoms. The first-order chi connectivity index (χ1) is 4.09. The Morgan fingerprint density at radius 3 is 1.45 bits per heavy atom. The van der Waals surface area contributed by atoms with Crippen LogP contribution in [0.25, 0.3) is 0 Å². The maximum Gasteiger partial charge on any atom is 1.00 e. The zero-order valence-electron chi connectivity index (χ0n) is 6.92. The van der Waals surface area contributed by atoms with E-state index in [1.165, 1.54) is 6.92 Å². The molecule has 0 fully saturated rings. The molecule has 0 saturated carbocycles. The van der Waals surface area contributed by atoms with Gasteiger partial charge in [0.15, 0.2) is 0 Å². The summed E-state index contributed by atoms with van der Waals surface area (Å²) in [7, 11) is 0. The topological polar surface area (TPSA) is 80.3 Å². The maximum absolute atomic E-state index is 9.84. The minimum Gasteiger partial charge on any atom is -0.549 e. The molecular formula is C5H6O4Rb2. The fraction of sp³-hybridized carbons (Fsp3) is 0.600. The predicted molar refractivity (Wildman–Crippen MR) is 23.8 cm³/mol. The smallest absolute Gasteiger partial charge is 0.549 e. The molecule has 0 aromatic heterocycles. The molecule has 0 aromatic rings. The quantitative estimate of drug-likeness (QED) is 0.485. The van der Waals surface area contributed by atoms with Crippen molar-refractivity contribution in [3.05, 3.63) is 0 Å². The van der Waals surface area contributed by atoms with E-state index >= 15 is 0 Å². The molecule has 0 aliphatic rings.